The molecule has 0 spiro atoms. The van der Waals surface area contributed by atoms with Crippen LogP contribution in [0.3, 0.4) is 0 Å². The lowest BCUT2D eigenvalue weighted by Crippen LogP contribution is -2.37. The summed E-state index contributed by atoms with van der Waals surface area (Å²) in [5.41, 5.74) is 46.7. The summed E-state index contributed by atoms with van der Waals surface area (Å²) in [6, 6.07) is 82.9. The average molecular weight is 1870 g/mol. The molecular formula is C130H128N8O4+4. The van der Waals surface area contributed by atoms with E-state index in [1.54, 1.807) is 0 Å². The normalized spacial score (nSPS) is 11.7. The van der Waals surface area contributed by atoms with E-state index in [1.807, 2.05) is 170 Å². The molecule has 0 radical (unpaired) electrons. The molecule has 12 nitrogen and oxygen atoms in total. The summed E-state index contributed by atoms with van der Waals surface area (Å²) < 4.78 is 36.1. The van der Waals surface area contributed by atoms with Crippen LogP contribution in [0.25, 0.3) is 197 Å². The first-order valence-corrected chi connectivity index (χ1v) is 49.5. The minimum absolute atomic E-state index is 0.190. The van der Waals surface area contributed by atoms with Gasteiger partial charge in [0.1, 0.15) is 72.9 Å². The number of fused-ring (bicyclic) bond motifs is 12. The van der Waals surface area contributed by atoms with E-state index in [1.165, 1.54) is 89.5 Å². The highest BCUT2D eigenvalue weighted by Crippen LogP contribution is 2.51. The van der Waals surface area contributed by atoms with Gasteiger partial charge < -0.3 is 17.7 Å². The van der Waals surface area contributed by atoms with Crippen molar-refractivity contribution in [2.75, 3.05) is 0 Å². The van der Waals surface area contributed by atoms with Crippen molar-refractivity contribution in [2.24, 2.45) is 50.9 Å². The fraction of sp³-hybridized carbons (Fsp3) is 0.262. The second-order valence-corrected chi connectivity index (χ2v) is 42.2. The smallest absolute Gasteiger partial charge is 0.216 e. The Balaban J connectivity index is 0.000000130. The van der Waals surface area contributed by atoms with Crippen LogP contribution in [0.15, 0.2) is 260 Å². The third-order valence-electron chi connectivity index (χ3n) is 29.1. The summed E-state index contributed by atoms with van der Waals surface area (Å²) >= 11 is 0. The van der Waals surface area contributed by atoms with Crippen molar-refractivity contribution < 1.29 is 35.9 Å². The third-order valence-corrected chi connectivity index (χ3v) is 29.1. The van der Waals surface area contributed by atoms with Crippen LogP contribution < -0.4 is 18.3 Å². The number of benzene rings is 12. The second-order valence-electron chi connectivity index (χ2n) is 42.2. The number of aryl methyl sites for hydroxylation is 6. The van der Waals surface area contributed by atoms with Crippen molar-refractivity contribution in [1.29, 1.82) is 0 Å². The van der Waals surface area contributed by atoms with E-state index in [-0.39, 0.29) is 10.8 Å². The molecule has 0 amide bonds. The SMILES string of the molecule is [C-]#[N+]c1ccc2c(oc3c(-c4cc(C)c(CC(C)(C)C)c(C)[n+]4C)c(C)ccc32)c1-c1ccccc1.[C-]#[N+]c1ccc2c(oc3c(-c4cc(C)c(CC(C)C)c(C)[n+]4C)c(C)ccc32)c1-c1ccccc1.[C-]#[N+]c1ccc2c(oc3c(-c4cc(CC(C)(C)C)c(C)c(C)[n+]4C)c(C)ccc32)c1-c1ccccc1.[C-]#[N+]c1ccc2c(oc3c(-c4cc(CC(C)C)c(C)c(C)[n+]4C)c(C)ccc32)c1-c1ccccc1. The molecule has 0 aliphatic carbocycles. The average Bonchev–Trinajstić information content (AvgIpc) is 1.59. The maximum atomic E-state index is 7.80. The lowest BCUT2D eigenvalue weighted by atomic mass is 9.85. The molecule has 20 rings (SSSR count). The van der Waals surface area contributed by atoms with Gasteiger partial charge in [0.2, 0.25) is 22.8 Å². The number of hydrogen-bond donors (Lipinski definition) is 0. The highest BCUT2D eigenvalue weighted by atomic mass is 16.3. The van der Waals surface area contributed by atoms with Gasteiger partial charge in [-0.15, -0.1) is 0 Å². The van der Waals surface area contributed by atoms with Crippen molar-refractivity contribution >= 4 is 111 Å². The largest absolute Gasteiger partial charge is 0.456 e. The van der Waals surface area contributed by atoms with E-state index >= 15 is 0 Å². The highest BCUT2D eigenvalue weighted by Gasteiger charge is 2.34. The molecule has 0 saturated carbocycles. The van der Waals surface area contributed by atoms with Crippen LogP contribution in [0.1, 0.15) is 159 Å². The quantitative estimate of drug-likeness (QED) is 0.0802. The van der Waals surface area contributed by atoms with E-state index in [0.717, 1.165) is 203 Å². The fourth-order valence-corrected chi connectivity index (χ4v) is 21.2. The molecule has 0 unspecified atom stereocenters. The minimum atomic E-state index is 0.190. The Kier molecular flexibility index (Phi) is 27.1. The molecule has 0 atom stereocenters. The van der Waals surface area contributed by atoms with Gasteiger partial charge in [0.15, 0.2) is 45.5 Å². The van der Waals surface area contributed by atoms with E-state index in [9.17, 15) is 0 Å². The Labute approximate surface area is 837 Å². The molecule has 0 fully saturated rings. The Bertz CT molecular complexity index is 8630. The summed E-state index contributed by atoms with van der Waals surface area (Å²) in [5.74, 6) is 1.18. The number of furan rings is 4. The van der Waals surface area contributed by atoms with Crippen molar-refractivity contribution in [3.63, 3.8) is 0 Å². The lowest BCUT2D eigenvalue weighted by Gasteiger charge is -2.21. The molecule has 0 aliphatic heterocycles. The van der Waals surface area contributed by atoms with Crippen LogP contribution >= 0.6 is 0 Å². The van der Waals surface area contributed by atoms with Crippen LogP contribution in [0.2, 0.25) is 0 Å². The van der Waals surface area contributed by atoms with Crippen LogP contribution in [0.4, 0.5) is 22.7 Å². The monoisotopic (exact) mass is 1870 g/mol. The van der Waals surface area contributed by atoms with Gasteiger partial charge in [-0.3, -0.25) is 0 Å². The van der Waals surface area contributed by atoms with Crippen LogP contribution in [0, 0.1) is 132 Å². The molecule has 8 heterocycles. The zero-order valence-corrected chi connectivity index (χ0v) is 87.3. The Morgan fingerprint density at radius 2 is 0.486 bits per heavy atom. The van der Waals surface area contributed by atoms with E-state index < -0.39 is 0 Å². The zero-order valence-electron chi connectivity index (χ0n) is 87.3. The van der Waals surface area contributed by atoms with E-state index in [4.69, 9.17) is 44.0 Å². The molecule has 20 aromatic rings. The summed E-state index contributed by atoms with van der Waals surface area (Å²) in [6.45, 7) is 80.4. The number of aromatic nitrogens is 4. The van der Waals surface area contributed by atoms with Crippen molar-refractivity contribution in [2.45, 2.75) is 178 Å². The third kappa shape index (κ3) is 18.2. The molecule has 0 aliphatic rings. The topological polar surface area (TPSA) is 85.5 Å². The van der Waals surface area contributed by atoms with Crippen molar-refractivity contribution in [3.8, 4) is 89.5 Å². The predicted octanol–water partition coefficient (Wildman–Crippen LogP) is 34.5. The van der Waals surface area contributed by atoms with E-state index in [2.05, 4.69) is 291 Å². The Hall–Kier alpha value is -15.6. The maximum absolute atomic E-state index is 7.80. The summed E-state index contributed by atoms with van der Waals surface area (Å²) in [7, 11) is 8.60. The van der Waals surface area contributed by atoms with Gasteiger partial charge in [0.05, 0.1) is 48.5 Å². The first kappa shape index (κ1) is 98.0. The molecular weight excluding hydrogens is 1740 g/mol. The summed E-state index contributed by atoms with van der Waals surface area (Å²) in [6.07, 6.45) is 4.16. The molecule has 708 valence electrons. The lowest BCUT2D eigenvalue weighted by molar-refractivity contribution is -0.667. The van der Waals surface area contributed by atoms with Crippen LogP contribution in [-0.4, -0.2) is 0 Å². The molecule has 142 heavy (non-hydrogen) atoms. The van der Waals surface area contributed by atoms with Gasteiger partial charge in [0, 0.05) is 140 Å². The number of rotatable bonds is 14. The molecule has 0 N–H and O–H groups in total. The number of pyridine rings is 4. The predicted molar refractivity (Wildman–Crippen MR) is 588 cm³/mol. The molecule has 12 heteroatoms. The fourth-order valence-electron chi connectivity index (χ4n) is 21.2. The minimum Gasteiger partial charge on any atom is -0.456 e. The van der Waals surface area contributed by atoms with Gasteiger partial charge in [-0.05, 0) is 171 Å². The Morgan fingerprint density at radius 1 is 0.254 bits per heavy atom. The van der Waals surface area contributed by atoms with E-state index in [0.29, 0.717) is 34.6 Å². The van der Waals surface area contributed by atoms with Crippen LogP contribution in [-0.2, 0) is 53.9 Å². The van der Waals surface area contributed by atoms with Crippen molar-refractivity contribution in [1.82, 2.24) is 0 Å². The maximum Gasteiger partial charge on any atom is 0.216 e. The van der Waals surface area contributed by atoms with Gasteiger partial charge in [0.25, 0.3) is 0 Å². The molecule has 0 saturated heterocycles. The van der Waals surface area contributed by atoms with Gasteiger partial charge >= 0.3 is 0 Å². The summed E-state index contributed by atoms with van der Waals surface area (Å²) in [4.78, 5) is 15.3. The summed E-state index contributed by atoms with van der Waals surface area (Å²) in [5, 5.41) is 8.48. The number of hydrogen-bond acceptors (Lipinski definition) is 4. The molecule has 0 bridgehead atoms. The first-order valence-electron chi connectivity index (χ1n) is 49.5. The second kappa shape index (κ2) is 39.2. The standard InChI is InChI=1S/2C33H33N2O.2C32H31N2O/c1-20-14-15-25-26-16-17-27(34-7)30(23-12-10-9-11-13-23)32(26)36-31(25)29(20)28-18-24(19-33(4,5)6)21(2)22(3)35(28)8;1-20-14-15-24-25-16-17-27(34-7)30(23-12-10-9-11-13-23)32(25)36-31(24)29(20)28-18-21(2)26(19-33(4,5)6)22(3)35(28)8;1-19(2)17-24-18-28(34(7)22(5)21(24)4)29-20(3)13-14-25-26-15-16-27(33-6)30(32(26)35-31(25)29)23-11-9-8-10-12-23;1-19(2)17-26-21(4)18-28(34(7)22(26)5)29-20(3)13-14-24-25-15-16-27(33-6)30(32(25)35-31(24)29)23-11-9-8-10-12-23/h2*9-18H,19H2,1-6,8H3;2*8-16,18-19H,17H2,1-5,7H3/q4*+1. The first-order chi connectivity index (χ1) is 67.8. The Morgan fingerprint density at radius 3 is 0.754 bits per heavy atom. The van der Waals surface area contributed by atoms with Crippen molar-refractivity contribution in [3.05, 3.63) is 378 Å². The van der Waals surface area contributed by atoms with Gasteiger partial charge in [-0.25, -0.2) is 19.4 Å². The van der Waals surface area contributed by atoms with Gasteiger partial charge in [-0.1, -0.05) is 288 Å². The zero-order chi connectivity index (χ0) is 101. The number of nitrogens with zero attached hydrogens (tertiary/aromatic N) is 8. The van der Waals surface area contributed by atoms with Gasteiger partial charge in [-0.2, -0.15) is 18.3 Å². The van der Waals surface area contributed by atoms with Crippen LogP contribution in [0.5, 0.6) is 0 Å². The molecule has 8 aromatic heterocycles. The highest BCUT2D eigenvalue weighted by molar-refractivity contribution is 6.19. The molecule has 12 aromatic carbocycles.